The molecule has 3 heterocycles. The van der Waals surface area contributed by atoms with Crippen LogP contribution in [-0.4, -0.2) is 51.3 Å². The van der Waals surface area contributed by atoms with Crippen LogP contribution in [0.3, 0.4) is 0 Å². The number of carbonyl (C=O) groups is 2. The molecule has 2 aromatic rings. The Hall–Kier alpha value is -2.82. The Labute approximate surface area is 211 Å². The number of rotatable bonds is 8. The summed E-state index contributed by atoms with van der Waals surface area (Å²) in [6.07, 6.45) is 10.6. The second-order valence-electron chi connectivity index (χ2n) is 9.13. The first kappa shape index (κ1) is 26.8. The van der Waals surface area contributed by atoms with Gasteiger partial charge in [-0.3, -0.25) is 9.59 Å². The van der Waals surface area contributed by atoms with Crippen LogP contribution < -0.4 is 20.9 Å². The summed E-state index contributed by atoms with van der Waals surface area (Å²) in [5.41, 5.74) is 0. The highest BCUT2D eigenvalue weighted by Gasteiger charge is 2.25. The lowest BCUT2D eigenvalue weighted by Crippen LogP contribution is -2.26. The van der Waals surface area contributed by atoms with Gasteiger partial charge in [0.05, 0.1) is 0 Å². The molecule has 0 radical (unpaired) electrons. The molecule has 2 amide bonds. The first-order valence-corrected chi connectivity index (χ1v) is 13.2. The molecule has 1 atom stereocenters. The minimum absolute atomic E-state index is 0. The van der Waals surface area contributed by atoms with Crippen molar-refractivity contribution in [2.45, 2.75) is 84.6 Å². The van der Waals surface area contributed by atoms with Gasteiger partial charge < -0.3 is 20.9 Å². The highest BCUT2D eigenvalue weighted by atomic mass is 32.1. The van der Waals surface area contributed by atoms with E-state index >= 15 is 0 Å². The predicted molar refractivity (Wildman–Crippen MR) is 141 cm³/mol. The highest BCUT2D eigenvalue weighted by molar-refractivity contribution is 7.19. The molecule has 2 fully saturated rings. The number of hydrogen-bond acceptors (Lipinski definition) is 9. The van der Waals surface area contributed by atoms with Gasteiger partial charge in [0.2, 0.25) is 22.1 Å². The molecule has 1 saturated heterocycles. The average Bonchev–Trinajstić information content (AvgIpc) is 3.46. The van der Waals surface area contributed by atoms with E-state index in [2.05, 4.69) is 41.2 Å². The summed E-state index contributed by atoms with van der Waals surface area (Å²) >= 11 is 1.33. The molecule has 11 heteroatoms. The summed E-state index contributed by atoms with van der Waals surface area (Å²) in [5, 5.41) is 26.9. The normalized spacial score (nSPS) is 18.8. The van der Waals surface area contributed by atoms with E-state index < -0.39 is 0 Å². The molecule has 192 valence electrons. The molecular formula is C24H38N8O2S. The van der Waals surface area contributed by atoms with Gasteiger partial charge >= 0.3 is 0 Å². The topological polar surface area (TPSA) is 125 Å². The largest absolute Gasteiger partial charge is 0.355 e. The molecule has 10 nitrogen and oxygen atoms in total. The molecule has 1 aliphatic heterocycles. The van der Waals surface area contributed by atoms with Gasteiger partial charge in [0, 0.05) is 32.0 Å². The van der Waals surface area contributed by atoms with E-state index in [1.165, 1.54) is 43.4 Å². The molecule has 2 aromatic heterocycles. The fraction of sp³-hybridized carbons (Fsp3) is 0.667. The van der Waals surface area contributed by atoms with Crippen LogP contribution in [0.15, 0.2) is 12.1 Å². The summed E-state index contributed by atoms with van der Waals surface area (Å²) in [7, 11) is 0. The van der Waals surface area contributed by atoms with Gasteiger partial charge in [0.15, 0.2) is 11.6 Å². The minimum Gasteiger partial charge on any atom is -0.355 e. The zero-order valence-electron chi connectivity index (χ0n) is 19.8. The third-order valence-corrected chi connectivity index (χ3v) is 7.22. The van der Waals surface area contributed by atoms with Gasteiger partial charge in [0.1, 0.15) is 0 Å². The summed E-state index contributed by atoms with van der Waals surface area (Å²) in [4.78, 5) is 26.1. The smallest absolute Gasteiger partial charge is 0.225 e. The molecule has 2 aliphatic rings. The van der Waals surface area contributed by atoms with Gasteiger partial charge in [-0.05, 0) is 37.3 Å². The Morgan fingerprint density at radius 3 is 2.40 bits per heavy atom. The van der Waals surface area contributed by atoms with Gasteiger partial charge in [0.25, 0.3) is 0 Å². The zero-order valence-corrected chi connectivity index (χ0v) is 20.6. The summed E-state index contributed by atoms with van der Waals surface area (Å²) in [6, 6.07) is 3.93. The fourth-order valence-electron chi connectivity index (χ4n) is 4.56. The zero-order chi connectivity index (χ0) is 23.8. The Morgan fingerprint density at radius 1 is 0.943 bits per heavy atom. The maximum Gasteiger partial charge on any atom is 0.225 e. The molecule has 0 bridgehead atoms. The summed E-state index contributed by atoms with van der Waals surface area (Å²) in [5.74, 6) is 1.73. The Kier molecular flexibility index (Phi) is 10.2. The fourth-order valence-corrected chi connectivity index (χ4v) is 5.30. The van der Waals surface area contributed by atoms with Crippen molar-refractivity contribution >= 4 is 45.0 Å². The maximum atomic E-state index is 12.5. The van der Waals surface area contributed by atoms with Crippen LogP contribution in [0.25, 0.3) is 0 Å². The van der Waals surface area contributed by atoms with Crippen molar-refractivity contribution in [3.8, 4) is 0 Å². The van der Waals surface area contributed by atoms with Crippen LogP contribution in [0.4, 0.5) is 21.9 Å². The Bertz CT molecular complexity index is 943. The Balaban J connectivity index is 0.00000342. The average molecular weight is 503 g/mol. The number of anilines is 4. The second kappa shape index (κ2) is 13.3. The molecule has 35 heavy (non-hydrogen) atoms. The molecule has 1 unspecified atom stereocenters. The number of amides is 2. The monoisotopic (exact) mass is 502 g/mol. The van der Waals surface area contributed by atoms with Crippen molar-refractivity contribution < 1.29 is 9.59 Å². The molecular weight excluding hydrogens is 464 g/mol. The van der Waals surface area contributed by atoms with E-state index in [9.17, 15) is 9.59 Å². The number of carbonyl (C=O) groups excluding carboxylic acids is 2. The van der Waals surface area contributed by atoms with Crippen LogP contribution in [0.1, 0.15) is 78.6 Å². The first-order chi connectivity index (χ1) is 16.6. The van der Waals surface area contributed by atoms with Crippen molar-refractivity contribution in [1.82, 2.24) is 20.4 Å². The molecule has 3 N–H and O–H groups in total. The van der Waals surface area contributed by atoms with Crippen molar-refractivity contribution in [3.05, 3.63) is 12.1 Å². The lowest BCUT2D eigenvalue weighted by Gasteiger charge is -2.19. The SMILES string of the molecule is C.CCC(=O)Nc1nnc(NC2CCN(c3ccc(NC(=O)CC4CCCCCCC4)nn3)C2)s1. The van der Waals surface area contributed by atoms with E-state index in [0.717, 1.165) is 38.2 Å². The van der Waals surface area contributed by atoms with Gasteiger partial charge in [-0.1, -0.05) is 57.8 Å². The van der Waals surface area contributed by atoms with E-state index in [-0.39, 0.29) is 25.3 Å². The standard InChI is InChI=1S/C23H34N8O2S.CH4/c1-2-20(32)26-23-30-29-22(34-23)24-17-12-13-31(15-17)19-11-10-18(27-28-19)25-21(33)14-16-8-6-4-3-5-7-9-16;/h10-11,16-17H,2-9,12-15H2,1H3,(H,24,29)(H,25,27,33)(H,26,30,32);1H4. The van der Waals surface area contributed by atoms with Crippen molar-refractivity contribution in [2.75, 3.05) is 33.9 Å². The summed E-state index contributed by atoms with van der Waals surface area (Å²) < 4.78 is 0. The van der Waals surface area contributed by atoms with Crippen molar-refractivity contribution in [3.63, 3.8) is 0 Å². The van der Waals surface area contributed by atoms with Crippen LogP contribution in [-0.2, 0) is 9.59 Å². The third kappa shape index (κ3) is 8.12. The number of nitrogens with zero attached hydrogens (tertiary/aromatic N) is 5. The maximum absolute atomic E-state index is 12.5. The van der Waals surface area contributed by atoms with Crippen LogP contribution in [0, 0.1) is 5.92 Å². The van der Waals surface area contributed by atoms with E-state index in [1.54, 1.807) is 6.92 Å². The summed E-state index contributed by atoms with van der Waals surface area (Å²) in [6.45, 7) is 3.40. The van der Waals surface area contributed by atoms with Crippen LogP contribution in [0.5, 0.6) is 0 Å². The van der Waals surface area contributed by atoms with Crippen molar-refractivity contribution in [2.24, 2.45) is 5.92 Å². The van der Waals surface area contributed by atoms with Crippen LogP contribution in [0.2, 0.25) is 0 Å². The quantitative estimate of drug-likeness (QED) is 0.475. The van der Waals surface area contributed by atoms with Gasteiger partial charge in [-0.15, -0.1) is 20.4 Å². The molecule has 1 saturated carbocycles. The molecule has 1 aliphatic carbocycles. The van der Waals surface area contributed by atoms with Gasteiger partial charge in [-0.25, -0.2) is 0 Å². The third-order valence-electron chi connectivity index (χ3n) is 6.45. The molecule has 0 aromatic carbocycles. The minimum atomic E-state index is -0.0761. The van der Waals surface area contributed by atoms with Gasteiger partial charge in [-0.2, -0.15) is 0 Å². The van der Waals surface area contributed by atoms with Crippen molar-refractivity contribution in [1.29, 1.82) is 0 Å². The van der Waals surface area contributed by atoms with Crippen LogP contribution >= 0.6 is 11.3 Å². The van der Waals surface area contributed by atoms with E-state index in [1.807, 2.05) is 12.1 Å². The number of nitrogens with one attached hydrogen (secondary N) is 3. The molecule has 4 rings (SSSR count). The molecule has 0 spiro atoms. The number of aromatic nitrogens is 4. The lowest BCUT2D eigenvalue weighted by atomic mass is 9.89. The predicted octanol–water partition coefficient (Wildman–Crippen LogP) is 4.69. The van der Waals surface area contributed by atoms with E-state index in [0.29, 0.717) is 34.8 Å². The second-order valence-corrected chi connectivity index (χ2v) is 10.1. The first-order valence-electron chi connectivity index (χ1n) is 12.4. The van der Waals surface area contributed by atoms with E-state index in [4.69, 9.17) is 0 Å². The lowest BCUT2D eigenvalue weighted by molar-refractivity contribution is -0.117. The number of hydrogen-bond donors (Lipinski definition) is 3. The highest BCUT2D eigenvalue weighted by Crippen LogP contribution is 2.26. The Morgan fingerprint density at radius 2 is 1.69 bits per heavy atom.